The predicted molar refractivity (Wildman–Crippen MR) is 92.2 cm³/mol. The number of quaternary nitrogens is 1. The van der Waals surface area contributed by atoms with E-state index in [0.29, 0.717) is 12.1 Å². The van der Waals surface area contributed by atoms with E-state index in [0.717, 1.165) is 30.9 Å². The van der Waals surface area contributed by atoms with E-state index in [4.69, 9.17) is 4.74 Å². The van der Waals surface area contributed by atoms with Crippen molar-refractivity contribution in [1.29, 1.82) is 0 Å². The van der Waals surface area contributed by atoms with Crippen molar-refractivity contribution >= 4 is 5.91 Å². The van der Waals surface area contributed by atoms with Gasteiger partial charge in [-0.05, 0) is 49.2 Å². The highest BCUT2D eigenvalue weighted by Crippen LogP contribution is 2.21. The molecule has 4 heteroatoms. The van der Waals surface area contributed by atoms with Crippen LogP contribution in [-0.2, 0) is 0 Å². The monoisotopic (exact) mass is 313 g/mol. The molecular weight excluding hydrogens is 288 g/mol. The number of hydrogen-bond donors (Lipinski definition) is 2. The zero-order chi connectivity index (χ0) is 16.5. The van der Waals surface area contributed by atoms with Gasteiger partial charge in [0, 0.05) is 12.1 Å². The Balaban J connectivity index is 1.78. The third-order valence-corrected chi connectivity index (χ3v) is 3.48. The second kappa shape index (κ2) is 8.96. The summed E-state index contributed by atoms with van der Waals surface area (Å²) in [4.78, 5) is 13.5. The van der Waals surface area contributed by atoms with Crippen LogP contribution < -0.4 is 15.0 Å². The highest BCUT2D eigenvalue weighted by molar-refractivity contribution is 5.94. The lowest BCUT2D eigenvalue weighted by atomic mass is 10.2. The summed E-state index contributed by atoms with van der Waals surface area (Å²) in [5.74, 6) is 1.47. The maximum absolute atomic E-state index is 12.1. The molecule has 2 aromatic rings. The summed E-state index contributed by atoms with van der Waals surface area (Å²) in [5.41, 5.74) is 0.656. The van der Waals surface area contributed by atoms with Crippen molar-refractivity contribution in [2.75, 3.05) is 27.2 Å². The van der Waals surface area contributed by atoms with E-state index in [1.54, 1.807) is 12.1 Å². The van der Waals surface area contributed by atoms with E-state index < -0.39 is 0 Å². The molecule has 0 atom stereocenters. The Labute approximate surface area is 138 Å². The fraction of sp³-hybridized carbons (Fsp3) is 0.316. The quantitative estimate of drug-likeness (QED) is 0.733. The summed E-state index contributed by atoms with van der Waals surface area (Å²) in [6, 6.07) is 16.8. The van der Waals surface area contributed by atoms with E-state index in [1.807, 2.05) is 42.5 Å². The second-order valence-corrected chi connectivity index (χ2v) is 5.86. The minimum absolute atomic E-state index is 0.0338. The predicted octanol–water partition coefficient (Wildman–Crippen LogP) is 2.13. The number of rotatable bonds is 8. The molecule has 0 spiro atoms. The van der Waals surface area contributed by atoms with Crippen LogP contribution in [0, 0.1) is 0 Å². The fourth-order valence-corrected chi connectivity index (χ4v) is 2.21. The molecule has 0 aliphatic heterocycles. The third-order valence-electron chi connectivity index (χ3n) is 3.48. The minimum atomic E-state index is -0.0338. The summed E-state index contributed by atoms with van der Waals surface area (Å²) in [6.45, 7) is 1.84. The molecule has 23 heavy (non-hydrogen) atoms. The third kappa shape index (κ3) is 6.12. The maximum atomic E-state index is 12.1. The molecule has 2 N–H and O–H groups in total. The molecule has 2 aromatic carbocycles. The Morgan fingerprint density at radius 1 is 0.957 bits per heavy atom. The summed E-state index contributed by atoms with van der Waals surface area (Å²) >= 11 is 0. The van der Waals surface area contributed by atoms with Gasteiger partial charge < -0.3 is 15.0 Å². The molecule has 0 saturated carbocycles. The van der Waals surface area contributed by atoms with Crippen LogP contribution in [0.3, 0.4) is 0 Å². The Morgan fingerprint density at radius 2 is 1.61 bits per heavy atom. The first-order chi connectivity index (χ1) is 11.1. The Kier molecular flexibility index (Phi) is 6.63. The van der Waals surface area contributed by atoms with Gasteiger partial charge in [0.2, 0.25) is 0 Å². The highest BCUT2D eigenvalue weighted by Gasteiger charge is 2.05. The van der Waals surface area contributed by atoms with Gasteiger partial charge in [-0.3, -0.25) is 4.79 Å². The number of hydrogen-bond acceptors (Lipinski definition) is 2. The van der Waals surface area contributed by atoms with Gasteiger partial charge in [-0.2, -0.15) is 0 Å². The molecule has 4 nitrogen and oxygen atoms in total. The first-order valence-electron chi connectivity index (χ1n) is 8.05. The van der Waals surface area contributed by atoms with Gasteiger partial charge in [-0.15, -0.1) is 0 Å². The van der Waals surface area contributed by atoms with Gasteiger partial charge in [0.15, 0.2) is 0 Å². The largest absolute Gasteiger partial charge is 0.457 e. The highest BCUT2D eigenvalue weighted by atomic mass is 16.5. The van der Waals surface area contributed by atoms with Crippen LogP contribution in [0.15, 0.2) is 54.6 Å². The van der Waals surface area contributed by atoms with Crippen molar-refractivity contribution in [3.05, 3.63) is 60.2 Å². The van der Waals surface area contributed by atoms with E-state index in [9.17, 15) is 4.79 Å². The zero-order valence-electron chi connectivity index (χ0n) is 13.8. The Morgan fingerprint density at radius 3 is 2.26 bits per heavy atom. The second-order valence-electron chi connectivity index (χ2n) is 5.86. The lowest BCUT2D eigenvalue weighted by molar-refractivity contribution is -0.858. The molecule has 0 unspecified atom stereocenters. The van der Waals surface area contributed by atoms with Gasteiger partial charge in [0.25, 0.3) is 5.91 Å². The van der Waals surface area contributed by atoms with Crippen LogP contribution in [-0.4, -0.2) is 33.1 Å². The number of carbonyl (C=O) groups is 1. The summed E-state index contributed by atoms with van der Waals surface area (Å²) in [7, 11) is 4.27. The fourth-order valence-electron chi connectivity index (χ4n) is 2.21. The van der Waals surface area contributed by atoms with E-state index >= 15 is 0 Å². The molecule has 0 fully saturated rings. The van der Waals surface area contributed by atoms with Gasteiger partial charge in [-0.1, -0.05) is 18.2 Å². The summed E-state index contributed by atoms with van der Waals surface area (Å²) in [5, 5.41) is 2.95. The van der Waals surface area contributed by atoms with Crippen molar-refractivity contribution in [3.8, 4) is 11.5 Å². The number of ether oxygens (including phenoxy) is 1. The lowest BCUT2D eigenvalue weighted by Crippen LogP contribution is -3.05. The van der Waals surface area contributed by atoms with Crippen LogP contribution in [0.2, 0.25) is 0 Å². The molecule has 0 heterocycles. The smallest absolute Gasteiger partial charge is 0.251 e. The van der Waals surface area contributed by atoms with Crippen molar-refractivity contribution in [2.45, 2.75) is 12.8 Å². The Bertz CT molecular complexity index is 595. The average molecular weight is 313 g/mol. The zero-order valence-corrected chi connectivity index (χ0v) is 13.8. The standard InChI is InChI=1S/C19H24N2O2/c1-21(2)15-7-6-14-20-19(22)16-10-12-18(13-11-16)23-17-8-4-3-5-9-17/h3-5,8-13H,6-7,14-15H2,1-2H3,(H,20,22)/p+1. The number of amides is 1. The van der Waals surface area contributed by atoms with E-state index in [2.05, 4.69) is 19.4 Å². The lowest BCUT2D eigenvalue weighted by Gasteiger charge is -2.09. The van der Waals surface area contributed by atoms with Gasteiger partial charge >= 0.3 is 0 Å². The summed E-state index contributed by atoms with van der Waals surface area (Å²) < 4.78 is 5.71. The minimum Gasteiger partial charge on any atom is -0.457 e. The number of nitrogens with one attached hydrogen (secondary N) is 2. The van der Waals surface area contributed by atoms with Crippen molar-refractivity contribution in [2.24, 2.45) is 0 Å². The maximum Gasteiger partial charge on any atom is 0.251 e. The van der Waals surface area contributed by atoms with Crippen molar-refractivity contribution < 1.29 is 14.4 Å². The van der Waals surface area contributed by atoms with E-state index in [-0.39, 0.29) is 5.91 Å². The Hall–Kier alpha value is -2.33. The van der Waals surface area contributed by atoms with Crippen LogP contribution in [0.1, 0.15) is 23.2 Å². The number of benzene rings is 2. The first kappa shape index (κ1) is 17.0. The summed E-state index contributed by atoms with van der Waals surface area (Å²) in [6.07, 6.45) is 2.12. The number of unbranched alkanes of at least 4 members (excludes halogenated alkanes) is 1. The number of para-hydroxylation sites is 1. The van der Waals surface area contributed by atoms with Crippen LogP contribution >= 0.6 is 0 Å². The average Bonchev–Trinajstić information content (AvgIpc) is 2.56. The normalized spacial score (nSPS) is 10.6. The van der Waals surface area contributed by atoms with E-state index in [1.165, 1.54) is 4.90 Å². The van der Waals surface area contributed by atoms with Crippen molar-refractivity contribution in [3.63, 3.8) is 0 Å². The molecule has 1 amide bonds. The molecule has 2 rings (SSSR count). The molecule has 0 saturated heterocycles. The number of carbonyl (C=O) groups excluding carboxylic acids is 1. The molecule has 0 aliphatic rings. The van der Waals surface area contributed by atoms with Gasteiger partial charge in [0.05, 0.1) is 20.6 Å². The topological polar surface area (TPSA) is 42.8 Å². The van der Waals surface area contributed by atoms with Gasteiger partial charge in [0.1, 0.15) is 11.5 Å². The molecule has 0 bridgehead atoms. The van der Waals surface area contributed by atoms with Crippen LogP contribution in [0.25, 0.3) is 0 Å². The molecular formula is C19H25N2O2+. The SMILES string of the molecule is C[NH+](C)CCCCNC(=O)c1ccc(Oc2ccccc2)cc1. The first-order valence-corrected chi connectivity index (χ1v) is 8.05. The van der Waals surface area contributed by atoms with Crippen molar-refractivity contribution in [1.82, 2.24) is 5.32 Å². The molecule has 0 radical (unpaired) electrons. The van der Waals surface area contributed by atoms with Gasteiger partial charge in [-0.25, -0.2) is 0 Å². The van der Waals surface area contributed by atoms with Crippen LogP contribution in [0.5, 0.6) is 11.5 Å². The molecule has 0 aromatic heterocycles. The molecule has 122 valence electrons. The molecule has 0 aliphatic carbocycles. The van der Waals surface area contributed by atoms with Crippen LogP contribution in [0.4, 0.5) is 0 Å².